The average molecular weight is 282 g/mol. The molecule has 5 heteroatoms. The van der Waals surface area contributed by atoms with Gasteiger partial charge in [-0.3, -0.25) is 4.98 Å². The molecule has 0 aliphatic rings. The summed E-state index contributed by atoms with van der Waals surface area (Å²) in [5, 5.41) is 12.5. The third-order valence-electron chi connectivity index (χ3n) is 2.74. The molecule has 1 aromatic carbocycles. The highest BCUT2D eigenvalue weighted by Gasteiger charge is 2.06. The highest BCUT2D eigenvalue weighted by atomic mass is 32.1. The van der Waals surface area contributed by atoms with Gasteiger partial charge >= 0.3 is 0 Å². The van der Waals surface area contributed by atoms with Crippen LogP contribution in [0.25, 0.3) is 0 Å². The van der Waals surface area contributed by atoms with E-state index in [1.807, 2.05) is 42.3 Å². The number of hydrogen-bond donors (Lipinski definition) is 1. The second-order valence-electron chi connectivity index (χ2n) is 4.30. The molecule has 0 fully saturated rings. The summed E-state index contributed by atoms with van der Waals surface area (Å²) in [5.41, 5.74) is 2.45. The van der Waals surface area contributed by atoms with E-state index in [4.69, 9.17) is 17.5 Å². The van der Waals surface area contributed by atoms with Crippen molar-refractivity contribution >= 4 is 23.0 Å². The topological polar surface area (TPSA) is 52.0 Å². The number of aromatic nitrogens is 1. The molecule has 0 aliphatic heterocycles. The van der Waals surface area contributed by atoms with Gasteiger partial charge in [-0.15, -0.1) is 0 Å². The lowest BCUT2D eigenvalue weighted by Gasteiger charge is -2.20. The summed E-state index contributed by atoms with van der Waals surface area (Å²) in [6, 6.07) is 15.1. The molecule has 0 spiro atoms. The molecule has 1 aromatic heterocycles. The molecule has 0 unspecified atom stereocenters. The zero-order valence-electron chi connectivity index (χ0n) is 11.1. The van der Waals surface area contributed by atoms with Crippen LogP contribution >= 0.6 is 12.2 Å². The van der Waals surface area contributed by atoms with E-state index in [-0.39, 0.29) is 0 Å². The normalized spacial score (nSPS) is 9.60. The molecule has 1 heterocycles. The van der Waals surface area contributed by atoms with Crippen LogP contribution in [0.5, 0.6) is 0 Å². The summed E-state index contributed by atoms with van der Waals surface area (Å²) in [6.07, 6.45) is 1.76. The van der Waals surface area contributed by atoms with E-state index in [1.54, 1.807) is 18.3 Å². The highest BCUT2D eigenvalue weighted by Crippen LogP contribution is 2.10. The minimum absolute atomic E-state index is 0.611. The van der Waals surface area contributed by atoms with E-state index in [0.29, 0.717) is 17.2 Å². The van der Waals surface area contributed by atoms with E-state index >= 15 is 0 Å². The van der Waals surface area contributed by atoms with Crippen LogP contribution < -0.4 is 5.32 Å². The van der Waals surface area contributed by atoms with Gasteiger partial charge in [0.1, 0.15) is 0 Å². The summed E-state index contributed by atoms with van der Waals surface area (Å²) >= 11 is 5.34. The van der Waals surface area contributed by atoms with Gasteiger partial charge in [-0.25, -0.2) is 0 Å². The van der Waals surface area contributed by atoms with Gasteiger partial charge in [-0.1, -0.05) is 6.07 Å². The Balaban J connectivity index is 1.95. The molecule has 0 saturated carbocycles. The lowest BCUT2D eigenvalue weighted by Crippen LogP contribution is -2.30. The molecule has 0 aliphatic carbocycles. The van der Waals surface area contributed by atoms with Gasteiger partial charge in [0, 0.05) is 18.9 Å². The molecular formula is C15H14N4S. The number of benzene rings is 1. The van der Waals surface area contributed by atoms with Crippen molar-refractivity contribution in [3.8, 4) is 6.07 Å². The number of nitriles is 1. The van der Waals surface area contributed by atoms with Gasteiger partial charge in [0.2, 0.25) is 0 Å². The first kappa shape index (κ1) is 14.0. The highest BCUT2D eigenvalue weighted by molar-refractivity contribution is 7.80. The largest absolute Gasteiger partial charge is 0.346 e. The minimum atomic E-state index is 0.611. The molecule has 100 valence electrons. The SMILES string of the molecule is CN(Cc1ccccn1)C(=S)Nc1ccc(C#N)cc1. The van der Waals surface area contributed by atoms with Crippen molar-refractivity contribution in [1.82, 2.24) is 9.88 Å². The summed E-state index contributed by atoms with van der Waals surface area (Å²) < 4.78 is 0. The second-order valence-corrected chi connectivity index (χ2v) is 4.68. The molecule has 0 saturated heterocycles. The lowest BCUT2D eigenvalue weighted by molar-refractivity contribution is 0.500. The van der Waals surface area contributed by atoms with Gasteiger partial charge in [0.05, 0.1) is 23.9 Å². The molecule has 4 nitrogen and oxygen atoms in total. The van der Waals surface area contributed by atoms with E-state index in [2.05, 4.69) is 16.4 Å². The van der Waals surface area contributed by atoms with Gasteiger partial charge in [-0.2, -0.15) is 5.26 Å². The quantitative estimate of drug-likeness (QED) is 0.877. The number of nitrogens with zero attached hydrogens (tertiary/aromatic N) is 3. The molecule has 1 N–H and O–H groups in total. The molecule has 0 radical (unpaired) electrons. The number of pyridine rings is 1. The van der Waals surface area contributed by atoms with Crippen molar-refractivity contribution in [2.45, 2.75) is 6.54 Å². The molecule has 2 aromatic rings. The zero-order valence-corrected chi connectivity index (χ0v) is 11.9. The maximum absolute atomic E-state index is 8.75. The predicted octanol–water partition coefficient (Wildman–Crippen LogP) is 2.78. The summed E-state index contributed by atoms with van der Waals surface area (Å²) in [4.78, 5) is 6.18. The Morgan fingerprint density at radius 3 is 2.65 bits per heavy atom. The van der Waals surface area contributed by atoms with Crippen molar-refractivity contribution in [2.75, 3.05) is 12.4 Å². The van der Waals surface area contributed by atoms with Crippen LogP contribution in [0.3, 0.4) is 0 Å². The smallest absolute Gasteiger partial charge is 0.173 e. The fourth-order valence-corrected chi connectivity index (χ4v) is 1.84. The Hall–Kier alpha value is -2.45. The fourth-order valence-electron chi connectivity index (χ4n) is 1.65. The summed E-state index contributed by atoms with van der Waals surface area (Å²) in [6.45, 7) is 0.642. The average Bonchev–Trinajstić information content (AvgIpc) is 2.49. The van der Waals surface area contributed by atoms with Crippen molar-refractivity contribution in [1.29, 1.82) is 5.26 Å². The van der Waals surface area contributed by atoms with Gasteiger partial charge in [0.25, 0.3) is 0 Å². The van der Waals surface area contributed by atoms with Crippen molar-refractivity contribution in [3.63, 3.8) is 0 Å². The van der Waals surface area contributed by atoms with E-state index < -0.39 is 0 Å². The predicted molar refractivity (Wildman–Crippen MR) is 83.1 cm³/mol. The van der Waals surface area contributed by atoms with Gasteiger partial charge < -0.3 is 10.2 Å². The number of anilines is 1. The number of hydrogen-bond acceptors (Lipinski definition) is 3. The second kappa shape index (κ2) is 6.64. The van der Waals surface area contributed by atoms with Crippen LogP contribution in [0.4, 0.5) is 5.69 Å². The van der Waals surface area contributed by atoms with Crippen LogP contribution in [0.1, 0.15) is 11.3 Å². The molecule has 20 heavy (non-hydrogen) atoms. The maximum Gasteiger partial charge on any atom is 0.173 e. The Morgan fingerprint density at radius 2 is 2.05 bits per heavy atom. The van der Waals surface area contributed by atoms with Crippen molar-refractivity contribution in [3.05, 3.63) is 59.9 Å². The van der Waals surface area contributed by atoms with Gasteiger partial charge in [0.15, 0.2) is 5.11 Å². The van der Waals surface area contributed by atoms with Crippen molar-refractivity contribution < 1.29 is 0 Å². The van der Waals surface area contributed by atoms with E-state index in [9.17, 15) is 0 Å². The molecule has 0 bridgehead atoms. The monoisotopic (exact) mass is 282 g/mol. The first-order chi connectivity index (χ1) is 9.69. The van der Waals surface area contributed by atoms with Crippen LogP contribution in [0, 0.1) is 11.3 Å². The third kappa shape index (κ3) is 3.77. The van der Waals surface area contributed by atoms with E-state index in [1.165, 1.54) is 0 Å². The van der Waals surface area contributed by atoms with Crippen LogP contribution in [0.15, 0.2) is 48.7 Å². The molecule has 0 amide bonds. The Bertz CT molecular complexity index is 617. The van der Waals surface area contributed by atoms with Crippen LogP contribution in [-0.2, 0) is 6.54 Å². The number of nitrogens with one attached hydrogen (secondary N) is 1. The van der Waals surface area contributed by atoms with Crippen molar-refractivity contribution in [2.24, 2.45) is 0 Å². The fraction of sp³-hybridized carbons (Fsp3) is 0.133. The van der Waals surface area contributed by atoms with E-state index in [0.717, 1.165) is 11.4 Å². The molecular weight excluding hydrogens is 268 g/mol. The Kier molecular flexibility index (Phi) is 4.64. The Morgan fingerprint density at radius 1 is 1.30 bits per heavy atom. The minimum Gasteiger partial charge on any atom is -0.346 e. The Labute approximate surface area is 123 Å². The maximum atomic E-state index is 8.75. The number of rotatable bonds is 3. The zero-order chi connectivity index (χ0) is 14.4. The van der Waals surface area contributed by atoms with Crippen LogP contribution in [0.2, 0.25) is 0 Å². The molecule has 0 atom stereocenters. The first-order valence-electron chi connectivity index (χ1n) is 6.11. The van der Waals surface area contributed by atoms with Gasteiger partial charge in [-0.05, 0) is 48.6 Å². The molecule has 2 rings (SSSR count). The van der Waals surface area contributed by atoms with Crippen LogP contribution in [-0.4, -0.2) is 22.0 Å². The third-order valence-corrected chi connectivity index (χ3v) is 3.15. The summed E-state index contributed by atoms with van der Waals surface area (Å²) in [7, 11) is 1.91. The number of thiocarbonyl (C=S) groups is 1. The first-order valence-corrected chi connectivity index (χ1v) is 6.52. The summed E-state index contributed by atoms with van der Waals surface area (Å²) in [5.74, 6) is 0. The lowest BCUT2D eigenvalue weighted by atomic mass is 10.2. The standard InChI is InChI=1S/C15H14N4S/c1-19(11-14-4-2-3-9-17-14)15(20)18-13-7-5-12(10-16)6-8-13/h2-9H,11H2,1H3,(H,18,20).